The lowest BCUT2D eigenvalue weighted by Crippen LogP contribution is -2.47. The highest BCUT2D eigenvalue weighted by Crippen LogP contribution is 2.32. The lowest BCUT2D eigenvalue weighted by molar-refractivity contribution is 0.0213. The van der Waals surface area contributed by atoms with Crippen LogP contribution in [0.3, 0.4) is 0 Å². The molecule has 1 aliphatic rings. The number of morpholine rings is 1. The molecule has 0 radical (unpaired) electrons. The first-order valence-electron chi connectivity index (χ1n) is 7.93. The number of nitrogens with one attached hydrogen (secondary N) is 1. The van der Waals surface area contributed by atoms with Gasteiger partial charge in [-0.1, -0.05) is 0 Å². The number of sulfonamides is 1. The van der Waals surface area contributed by atoms with Crippen molar-refractivity contribution in [1.82, 2.24) is 9.62 Å². The summed E-state index contributed by atoms with van der Waals surface area (Å²) in [5, 5.41) is 0. The third-order valence-corrected chi connectivity index (χ3v) is 5.77. The fourth-order valence-electron chi connectivity index (χ4n) is 2.71. The average Bonchev–Trinajstić information content (AvgIpc) is 2.59. The van der Waals surface area contributed by atoms with Crippen LogP contribution in [0.25, 0.3) is 0 Å². The number of hydrogen-bond donors (Lipinski definition) is 1. The van der Waals surface area contributed by atoms with Crippen molar-refractivity contribution < 1.29 is 22.6 Å². The van der Waals surface area contributed by atoms with Crippen molar-refractivity contribution in [2.24, 2.45) is 0 Å². The maximum absolute atomic E-state index is 12.7. The Labute approximate surface area is 143 Å². The summed E-state index contributed by atoms with van der Waals surface area (Å²) in [6.07, 6.45) is 0. The van der Waals surface area contributed by atoms with Crippen molar-refractivity contribution in [3.63, 3.8) is 0 Å². The summed E-state index contributed by atoms with van der Waals surface area (Å²) < 4.78 is 43.7. The van der Waals surface area contributed by atoms with Crippen LogP contribution in [0.4, 0.5) is 0 Å². The van der Waals surface area contributed by atoms with E-state index >= 15 is 0 Å². The van der Waals surface area contributed by atoms with Gasteiger partial charge in [-0.3, -0.25) is 4.90 Å². The van der Waals surface area contributed by atoms with Crippen LogP contribution >= 0.6 is 0 Å². The molecule has 2 rings (SSSR count). The van der Waals surface area contributed by atoms with E-state index < -0.39 is 10.0 Å². The summed E-state index contributed by atoms with van der Waals surface area (Å²) in [6.45, 7) is 7.10. The quantitative estimate of drug-likeness (QED) is 0.784. The first-order valence-corrected chi connectivity index (χ1v) is 9.41. The van der Waals surface area contributed by atoms with E-state index in [1.807, 2.05) is 6.92 Å². The average molecular weight is 358 g/mol. The van der Waals surface area contributed by atoms with E-state index in [1.54, 1.807) is 13.0 Å². The molecule has 0 saturated carbocycles. The molecular weight excluding hydrogens is 332 g/mol. The Kier molecular flexibility index (Phi) is 6.45. The predicted molar refractivity (Wildman–Crippen MR) is 91.3 cm³/mol. The van der Waals surface area contributed by atoms with Gasteiger partial charge in [-0.25, -0.2) is 13.1 Å². The lowest BCUT2D eigenvalue weighted by atomic mass is 10.2. The zero-order chi connectivity index (χ0) is 17.7. The van der Waals surface area contributed by atoms with E-state index in [0.717, 1.165) is 13.1 Å². The van der Waals surface area contributed by atoms with Crippen molar-refractivity contribution in [3.8, 4) is 11.5 Å². The molecule has 0 spiro atoms. The van der Waals surface area contributed by atoms with Crippen LogP contribution in [0.15, 0.2) is 17.0 Å². The molecule has 24 heavy (non-hydrogen) atoms. The zero-order valence-electron chi connectivity index (χ0n) is 14.7. The Hall–Kier alpha value is -1.35. The van der Waals surface area contributed by atoms with Gasteiger partial charge in [0.15, 0.2) is 11.5 Å². The lowest BCUT2D eigenvalue weighted by Gasteiger charge is -2.32. The standard InChI is InChI=1S/C16H26N2O5S/c1-12-9-14(21-3)15(22-4)10-16(12)24(19,20)17-11-13(2)18-5-7-23-8-6-18/h9-10,13,17H,5-8,11H2,1-4H3. The minimum absolute atomic E-state index is 0.101. The Bertz CT molecular complexity index is 657. The van der Waals surface area contributed by atoms with Crippen LogP contribution < -0.4 is 14.2 Å². The van der Waals surface area contributed by atoms with Gasteiger partial charge in [0.05, 0.1) is 32.3 Å². The number of nitrogens with zero attached hydrogens (tertiary/aromatic N) is 1. The summed E-state index contributed by atoms with van der Waals surface area (Å²) in [5.74, 6) is 0.903. The third-order valence-electron chi connectivity index (χ3n) is 4.21. The van der Waals surface area contributed by atoms with E-state index in [-0.39, 0.29) is 10.9 Å². The fraction of sp³-hybridized carbons (Fsp3) is 0.625. The molecule has 136 valence electrons. The molecule has 8 heteroatoms. The summed E-state index contributed by atoms with van der Waals surface area (Å²) in [4.78, 5) is 2.42. The van der Waals surface area contributed by atoms with Crippen LogP contribution in [0.5, 0.6) is 11.5 Å². The van der Waals surface area contributed by atoms with Crippen molar-refractivity contribution >= 4 is 10.0 Å². The van der Waals surface area contributed by atoms with E-state index in [2.05, 4.69) is 9.62 Å². The van der Waals surface area contributed by atoms with E-state index in [1.165, 1.54) is 20.3 Å². The normalized spacial score (nSPS) is 17.5. The van der Waals surface area contributed by atoms with Crippen LogP contribution in [0, 0.1) is 6.92 Å². The molecule has 1 saturated heterocycles. The molecule has 7 nitrogen and oxygen atoms in total. The predicted octanol–water partition coefficient (Wildman–Crippen LogP) is 1.01. The fourth-order valence-corrected chi connectivity index (χ4v) is 4.07. The molecule has 1 heterocycles. The molecular formula is C16H26N2O5S. The summed E-state index contributed by atoms with van der Waals surface area (Å²) in [5.41, 5.74) is 0.610. The third kappa shape index (κ3) is 4.38. The van der Waals surface area contributed by atoms with Gasteiger partial charge in [0, 0.05) is 31.7 Å². The summed E-state index contributed by atoms with van der Waals surface area (Å²) >= 11 is 0. The second kappa shape index (κ2) is 8.15. The molecule has 1 unspecified atom stereocenters. The highest BCUT2D eigenvalue weighted by atomic mass is 32.2. The Morgan fingerprint density at radius 2 is 1.79 bits per heavy atom. The molecule has 0 aromatic heterocycles. The molecule has 1 atom stereocenters. The Morgan fingerprint density at radius 3 is 2.38 bits per heavy atom. The highest BCUT2D eigenvalue weighted by Gasteiger charge is 2.23. The van der Waals surface area contributed by atoms with Crippen molar-refractivity contribution in [2.45, 2.75) is 24.8 Å². The van der Waals surface area contributed by atoms with Gasteiger partial charge in [-0.15, -0.1) is 0 Å². The number of ether oxygens (including phenoxy) is 3. The minimum Gasteiger partial charge on any atom is -0.493 e. The number of methoxy groups -OCH3 is 2. The number of aryl methyl sites for hydroxylation is 1. The van der Waals surface area contributed by atoms with Gasteiger partial charge >= 0.3 is 0 Å². The van der Waals surface area contributed by atoms with Crippen molar-refractivity contribution in [1.29, 1.82) is 0 Å². The van der Waals surface area contributed by atoms with Crippen LogP contribution in [0.1, 0.15) is 12.5 Å². The molecule has 1 aliphatic heterocycles. The van der Waals surface area contributed by atoms with Gasteiger partial charge in [0.1, 0.15) is 0 Å². The number of rotatable bonds is 7. The SMILES string of the molecule is COc1cc(C)c(S(=O)(=O)NCC(C)N2CCOCC2)cc1OC. The molecule has 1 N–H and O–H groups in total. The molecule has 1 fully saturated rings. The largest absolute Gasteiger partial charge is 0.493 e. The van der Waals surface area contributed by atoms with Gasteiger partial charge in [-0.2, -0.15) is 0 Å². The molecule has 1 aromatic carbocycles. The zero-order valence-corrected chi connectivity index (χ0v) is 15.5. The monoisotopic (exact) mass is 358 g/mol. The van der Waals surface area contributed by atoms with Crippen LogP contribution in [-0.4, -0.2) is 66.4 Å². The van der Waals surface area contributed by atoms with E-state index in [0.29, 0.717) is 36.8 Å². The van der Waals surface area contributed by atoms with Crippen LogP contribution in [0.2, 0.25) is 0 Å². The smallest absolute Gasteiger partial charge is 0.241 e. The van der Waals surface area contributed by atoms with Crippen molar-refractivity contribution in [2.75, 3.05) is 47.1 Å². The summed E-state index contributed by atoms with van der Waals surface area (Å²) in [7, 11) is -0.621. The first-order chi connectivity index (χ1) is 11.4. The molecule has 0 amide bonds. The van der Waals surface area contributed by atoms with Gasteiger partial charge < -0.3 is 14.2 Å². The van der Waals surface area contributed by atoms with Crippen LogP contribution in [-0.2, 0) is 14.8 Å². The van der Waals surface area contributed by atoms with Gasteiger partial charge in [0.25, 0.3) is 0 Å². The van der Waals surface area contributed by atoms with Gasteiger partial charge in [-0.05, 0) is 25.5 Å². The second-order valence-electron chi connectivity index (χ2n) is 5.82. The summed E-state index contributed by atoms with van der Waals surface area (Å²) in [6, 6.07) is 3.26. The Balaban J connectivity index is 2.12. The topological polar surface area (TPSA) is 77.1 Å². The molecule has 1 aromatic rings. The van der Waals surface area contributed by atoms with Crippen molar-refractivity contribution in [3.05, 3.63) is 17.7 Å². The highest BCUT2D eigenvalue weighted by molar-refractivity contribution is 7.89. The maximum atomic E-state index is 12.7. The maximum Gasteiger partial charge on any atom is 0.241 e. The molecule has 0 bridgehead atoms. The van der Waals surface area contributed by atoms with Gasteiger partial charge in [0.2, 0.25) is 10.0 Å². The molecule has 0 aliphatic carbocycles. The Morgan fingerprint density at radius 1 is 1.21 bits per heavy atom. The minimum atomic E-state index is -3.63. The second-order valence-corrected chi connectivity index (χ2v) is 7.56. The van der Waals surface area contributed by atoms with E-state index in [9.17, 15) is 8.42 Å². The van der Waals surface area contributed by atoms with E-state index in [4.69, 9.17) is 14.2 Å². The number of hydrogen-bond acceptors (Lipinski definition) is 6. The first kappa shape index (κ1) is 19.0. The number of benzene rings is 1.